The van der Waals surface area contributed by atoms with Gasteiger partial charge in [-0.25, -0.2) is 14.2 Å². The van der Waals surface area contributed by atoms with E-state index in [9.17, 15) is 14.3 Å². The fourth-order valence-electron chi connectivity index (χ4n) is 3.01. The van der Waals surface area contributed by atoms with Crippen molar-refractivity contribution in [3.8, 4) is 0 Å². The highest BCUT2D eigenvalue weighted by atomic mass is 19.1. The van der Waals surface area contributed by atoms with Crippen molar-refractivity contribution in [3.05, 3.63) is 77.9 Å². The molecule has 2 heterocycles. The fraction of sp³-hybridized carbons (Fsp3) is 0.0526. The molecule has 0 aliphatic rings. The summed E-state index contributed by atoms with van der Waals surface area (Å²) in [6.45, 7) is 0.554. The van der Waals surface area contributed by atoms with Crippen molar-refractivity contribution in [1.29, 1.82) is 0 Å². The number of pyridine rings is 1. The van der Waals surface area contributed by atoms with Gasteiger partial charge in [-0.3, -0.25) is 0 Å². The number of carboxylic acids is 1. The monoisotopic (exact) mass is 320 g/mol. The van der Waals surface area contributed by atoms with Crippen LogP contribution in [0.5, 0.6) is 0 Å². The predicted octanol–water partition coefficient (Wildman–Crippen LogP) is 4.08. The maximum absolute atomic E-state index is 13.1. The molecule has 0 unspecified atom stereocenters. The molecule has 0 radical (unpaired) electrons. The molecule has 0 aliphatic carbocycles. The zero-order valence-electron chi connectivity index (χ0n) is 12.6. The molecule has 4 aromatic rings. The first kappa shape index (κ1) is 14.4. The molecular formula is C19H13FN2O2. The Kier molecular flexibility index (Phi) is 3.27. The van der Waals surface area contributed by atoms with Gasteiger partial charge in [-0.1, -0.05) is 30.3 Å². The lowest BCUT2D eigenvalue weighted by Crippen LogP contribution is -2.02. The number of aromatic carboxylic acids is 1. The minimum atomic E-state index is -1.05. The van der Waals surface area contributed by atoms with E-state index in [4.69, 9.17) is 0 Å². The largest absolute Gasteiger partial charge is 0.477 e. The van der Waals surface area contributed by atoms with Gasteiger partial charge in [0, 0.05) is 22.8 Å². The standard InChI is InChI=1S/C19H13FN2O2/c20-13-7-5-12(6-8-13)11-22-17-4-2-1-3-14(17)15-9-16(19(23)24)21-10-18(15)22/h1-10H,11H2,(H,23,24). The third kappa shape index (κ3) is 2.31. The summed E-state index contributed by atoms with van der Waals surface area (Å²) in [5, 5.41) is 11.0. The summed E-state index contributed by atoms with van der Waals surface area (Å²) in [7, 11) is 0. The predicted molar refractivity (Wildman–Crippen MR) is 89.7 cm³/mol. The highest BCUT2D eigenvalue weighted by Gasteiger charge is 2.14. The van der Waals surface area contributed by atoms with Crippen molar-refractivity contribution in [2.24, 2.45) is 0 Å². The molecule has 24 heavy (non-hydrogen) atoms. The zero-order chi connectivity index (χ0) is 16.7. The van der Waals surface area contributed by atoms with Gasteiger partial charge in [0.2, 0.25) is 0 Å². The Morgan fingerprint density at radius 1 is 1.04 bits per heavy atom. The quantitative estimate of drug-likeness (QED) is 0.619. The van der Waals surface area contributed by atoms with Gasteiger partial charge in [-0.05, 0) is 29.8 Å². The smallest absolute Gasteiger partial charge is 0.354 e. The van der Waals surface area contributed by atoms with E-state index in [-0.39, 0.29) is 11.5 Å². The van der Waals surface area contributed by atoms with Crippen LogP contribution in [0.15, 0.2) is 60.8 Å². The summed E-state index contributed by atoms with van der Waals surface area (Å²) in [4.78, 5) is 15.2. The molecule has 4 nitrogen and oxygen atoms in total. The number of nitrogens with zero attached hydrogens (tertiary/aromatic N) is 2. The Morgan fingerprint density at radius 3 is 2.54 bits per heavy atom. The van der Waals surface area contributed by atoms with Gasteiger partial charge >= 0.3 is 5.97 Å². The molecule has 118 valence electrons. The van der Waals surface area contributed by atoms with Crippen molar-refractivity contribution in [2.45, 2.75) is 6.54 Å². The molecular weight excluding hydrogens is 307 g/mol. The van der Waals surface area contributed by atoms with Crippen LogP contribution in [0.25, 0.3) is 21.8 Å². The molecule has 5 heteroatoms. The highest BCUT2D eigenvalue weighted by Crippen LogP contribution is 2.29. The number of benzene rings is 2. The second-order valence-corrected chi connectivity index (χ2v) is 5.62. The van der Waals surface area contributed by atoms with Gasteiger partial charge in [0.1, 0.15) is 11.5 Å². The molecule has 2 aromatic carbocycles. The van der Waals surface area contributed by atoms with E-state index in [2.05, 4.69) is 9.55 Å². The van der Waals surface area contributed by atoms with E-state index >= 15 is 0 Å². The molecule has 0 atom stereocenters. The zero-order valence-corrected chi connectivity index (χ0v) is 12.6. The summed E-state index contributed by atoms with van der Waals surface area (Å²) in [6.07, 6.45) is 1.59. The number of fused-ring (bicyclic) bond motifs is 3. The maximum atomic E-state index is 13.1. The van der Waals surface area contributed by atoms with Gasteiger partial charge in [-0.15, -0.1) is 0 Å². The van der Waals surface area contributed by atoms with Crippen LogP contribution in [0.4, 0.5) is 4.39 Å². The molecule has 0 saturated carbocycles. The van der Waals surface area contributed by atoms with Crippen LogP contribution in [0, 0.1) is 5.82 Å². The molecule has 0 amide bonds. The van der Waals surface area contributed by atoms with Crippen LogP contribution in [-0.4, -0.2) is 20.6 Å². The van der Waals surface area contributed by atoms with Crippen LogP contribution in [0.2, 0.25) is 0 Å². The first-order valence-corrected chi connectivity index (χ1v) is 7.48. The molecule has 0 saturated heterocycles. The number of para-hydroxylation sites is 1. The second-order valence-electron chi connectivity index (χ2n) is 5.62. The molecule has 2 aromatic heterocycles. The van der Waals surface area contributed by atoms with Gasteiger partial charge in [0.15, 0.2) is 0 Å². The van der Waals surface area contributed by atoms with Crippen molar-refractivity contribution in [3.63, 3.8) is 0 Å². The number of hydrogen-bond donors (Lipinski definition) is 1. The van der Waals surface area contributed by atoms with E-state index in [1.54, 1.807) is 24.4 Å². The van der Waals surface area contributed by atoms with Crippen molar-refractivity contribution in [2.75, 3.05) is 0 Å². The van der Waals surface area contributed by atoms with E-state index < -0.39 is 5.97 Å². The number of carboxylic acid groups (broad SMARTS) is 1. The second kappa shape index (κ2) is 5.45. The van der Waals surface area contributed by atoms with Crippen LogP contribution in [0.3, 0.4) is 0 Å². The van der Waals surface area contributed by atoms with E-state index in [1.807, 2.05) is 24.3 Å². The lowest BCUT2D eigenvalue weighted by atomic mass is 10.1. The topological polar surface area (TPSA) is 55.1 Å². The summed E-state index contributed by atoms with van der Waals surface area (Å²) in [6, 6.07) is 15.8. The third-order valence-corrected chi connectivity index (χ3v) is 4.13. The average Bonchev–Trinajstić information content (AvgIpc) is 2.90. The fourth-order valence-corrected chi connectivity index (χ4v) is 3.01. The average molecular weight is 320 g/mol. The molecule has 1 N–H and O–H groups in total. The first-order chi connectivity index (χ1) is 11.6. The summed E-state index contributed by atoms with van der Waals surface area (Å²) in [5.41, 5.74) is 2.82. The molecule has 0 bridgehead atoms. The van der Waals surface area contributed by atoms with Gasteiger partial charge in [0.25, 0.3) is 0 Å². The highest BCUT2D eigenvalue weighted by molar-refractivity contribution is 6.09. The minimum Gasteiger partial charge on any atom is -0.477 e. The summed E-state index contributed by atoms with van der Waals surface area (Å²) < 4.78 is 15.2. The first-order valence-electron chi connectivity index (χ1n) is 7.48. The van der Waals surface area contributed by atoms with Crippen molar-refractivity contribution >= 4 is 27.8 Å². The maximum Gasteiger partial charge on any atom is 0.354 e. The third-order valence-electron chi connectivity index (χ3n) is 4.13. The minimum absolute atomic E-state index is 0.0205. The van der Waals surface area contributed by atoms with Crippen LogP contribution in [0.1, 0.15) is 16.1 Å². The lowest BCUT2D eigenvalue weighted by Gasteiger charge is -2.07. The van der Waals surface area contributed by atoms with E-state index in [1.165, 1.54) is 12.1 Å². The summed E-state index contributed by atoms with van der Waals surface area (Å²) in [5.74, 6) is -1.32. The molecule has 0 fully saturated rings. The summed E-state index contributed by atoms with van der Waals surface area (Å²) >= 11 is 0. The Bertz CT molecular complexity index is 1070. The Hall–Kier alpha value is -3.21. The van der Waals surface area contributed by atoms with Crippen molar-refractivity contribution in [1.82, 2.24) is 9.55 Å². The number of hydrogen-bond acceptors (Lipinski definition) is 2. The number of carbonyl (C=O) groups is 1. The Balaban J connectivity index is 1.95. The van der Waals surface area contributed by atoms with Crippen LogP contribution >= 0.6 is 0 Å². The SMILES string of the molecule is O=C(O)c1cc2c3ccccc3n(Cc3ccc(F)cc3)c2cn1. The van der Waals surface area contributed by atoms with Gasteiger partial charge in [-0.2, -0.15) is 0 Å². The number of rotatable bonds is 3. The number of aromatic nitrogens is 2. The normalized spacial score (nSPS) is 11.2. The van der Waals surface area contributed by atoms with E-state index in [0.29, 0.717) is 6.54 Å². The molecule has 0 aliphatic heterocycles. The van der Waals surface area contributed by atoms with Gasteiger partial charge < -0.3 is 9.67 Å². The van der Waals surface area contributed by atoms with Crippen molar-refractivity contribution < 1.29 is 14.3 Å². The Labute approximate surface area is 136 Å². The molecule has 4 rings (SSSR count). The van der Waals surface area contributed by atoms with Gasteiger partial charge in [0.05, 0.1) is 11.7 Å². The van der Waals surface area contributed by atoms with Crippen LogP contribution in [-0.2, 0) is 6.54 Å². The van der Waals surface area contributed by atoms with Crippen LogP contribution < -0.4 is 0 Å². The van der Waals surface area contributed by atoms with E-state index in [0.717, 1.165) is 27.4 Å². The Morgan fingerprint density at radius 2 is 1.79 bits per heavy atom. The number of halogens is 1. The lowest BCUT2D eigenvalue weighted by molar-refractivity contribution is 0.0690. The molecule has 0 spiro atoms.